The SMILES string of the molecule is Fc1ccc2oc(C(F)F)cc2c1. The first-order valence-electron chi connectivity index (χ1n) is 3.64. The van der Waals surface area contributed by atoms with Gasteiger partial charge in [0.1, 0.15) is 11.4 Å². The second-order valence-electron chi connectivity index (χ2n) is 2.63. The fourth-order valence-electron chi connectivity index (χ4n) is 1.14. The van der Waals surface area contributed by atoms with Gasteiger partial charge in [-0.15, -0.1) is 0 Å². The smallest absolute Gasteiger partial charge is 0.295 e. The zero-order valence-corrected chi connectivity index (χ0v) is 6.43. The first kappa shape index (κ1) is 8.16. The van der Waals surface area contributed by atoms with E-state index in [1.807, 2.05) is 0 Å². The Bertz CT molecular complexity index is 433. The molecule has 0 radical (unpaired) electrons. The van der Waals surface area contributed by atoms with Crippen LogP contribution in [0.25, 0.3) is 11.0 Å². The molecule has 0 bridgehead atoms. The van der Waals surface area contributed by atoms with Gasteiger partial charge in [-0.05, 0) is 24.3 Å². The molecule has 1 heterocycles. The highest BCUT2D eigenvalue weighted by molar-refractivity contribution is 5.77. The van der Waals surface area contributed by atoms with E-state index in [9.17, 15) is 13.2 Å². The van der Waals surface area contributed by atoms with E-state index < -0.39 is 18.0 Å². The topological polar surface area (TPSA) is 13.1 Å². The van der Waals surface area contributed by atoms with E-state index >= 15 is 0 Å². The molecule has 0 saturated heterocycles. The number of hydrogen-bond acceptors (Lipinski definition) is 1. The predicted molar refractivity (Wildman–Crippen MR) is 41.1 cm³/mol. The number of benzene rings is 1. The van der Waals surface area contributed by atoms with Gasteiger partial charge >= 0.3 is 0 Å². The largest absolute Gasteiger partial charge is 0.455 e. The molecule has 1 nitrogen and oxygen atoms in total. The Labute approximate surface area is 71.8 Å². The minimum Gasteiger partial charge on any atom is -0.455 e. The first-order valence-corrected chi connectivity index (χ1v) is 3.64. The molecule has 1 aromatic heterocycles. The molecule has 1 aromatic carbocycles. The van der Waals surface area contributed by atoms with Gasteiger partial charge in [-0.3, -0.25) is 0 Å². The average Bonchev–Trinajstić information content (AvgIpc) is 2.46. The van der Waals surface area contributed by atoms with Crippen molar-refractivity contribution in [2.75, 3.05) is 0 Å². The zero-order chi connectivity index (χ0) is 9.42. The standard InChI is InChI=1S/C9H5F3O/c10-6-1-2-7-5(3-6)4-8(13-7)9(11)12/h1-4,9H. The van der Waals surface area contributed by atoms with E-state index in [2.05, 4.69) is 0 Å². The van der Waals surface area contributed by atoms with Crippen molar-refractivity contribution >= 4 is 11.0 Å². The zero-order valence-electron chi connectivity index (χ0n) is 6.43. The van der Waals surface area contributed by atoms with Gasteiger partial charge in [0.15, 0.2) is 5.76 Å². The summed E-state index contributed by atoms with van der Waals surface area (Å²) in [6, 6.07) is 4.80. The Morgan fingerprint density at radius 1 is 1.15 bits per heavy atom. The molecule has 0 atom stereocenters. The highest BCUT2D eigenvalue weighted by Crippen LogP contribution is 2.27. The van der Waals surface area contributed by atoms with E-state index in [1.54, 1.807) is 0 Å². The highest BCUT2D eigenvalue weighted by Gasteiger charge is 2.13. The molecular formula is C9H5F3O. The van der Waals surface area contributed by atoms with Gasteiger partial charge in [0.2, 0.25) is 0 Å². The summed E-state index contributed by atoms with van der Waals surface area (Å²) in [6.45, 7) is 0. The molecule has 0 fully saturated rings. The molecule has 0 unspecified atom stereocenters. The number of rotatable bonds is 1. The van der Waals surface area contributed by atoms with Crippen molar-refractivity contribution in [1.82, 2.24) is 0 Å². The monoisotopic (exact) mass is 186 g/mol. The Morgan fingerprint density at radius 3 is 2.62 bits per heavy atom. The van der Waals surface area contributed by atoms with Gasteiger partial charge in [-0.25, -0.2) is 13.2 Å². The fourth-order valence-corrected chi connectivity index (χ4v) is 1.14. The van der Waals surface area contributed by atoms with Crippen LogP contribution in [0.4, 0.5) is 13.2 Å². The van der Waals surface area contributed by atoms with Crippen LogP contribution in [0.1, 0.15) is 12.2 Å². The number of furan rings is 1. The van der Waals surface area contributed by atoms with Crippen LogP contribution in [-0.4, -0.2) is 0 Å². The van der Waals surface area contributed by atoms with Gasteiger partial charge < -0.3 is 4.42 Å². The Balaban J connectivity index is 2.62. The van der Waals surface area contributed by atoms with Crippen LogP contribution in [0.3, 0.4) is 0 Å². The van der Waals surface area contributed by atoms with Crippen LogP contribution in [0, 0.1) is 5.82 Å². The van der Waals surface area contributed by atoms with Crippen LogP contribution < -0.4 is 0 Å². The summed E-state index contributed by atoms with van der Waals surface area (Å²) in [5.41, 5.74) is 0.275. The van der Waals surface area contributed by atoms with Gasteiger partial charge in [-0.1, -0.05) is 0 Å². The highest BCUT2D eigenvalue weighted by atomic mass is 19.3. The molecule has 68 valence electrons. The third-order valence-corrected chi connectivity index (χ3v) is 1.71. The lowest BCUT2D eigenvalue weighted by molar-refractivity contribution is 0.124. The van der Waals surface area contributed by atoms with E-state index in [0.717, 1.165) is 12.1 Å². The third kappa shape index (κ3) is 1.39. The van der Waals surface area contributed by atoms with E-state index in [-0.39, 0.29) is 5.58 Å². The van der Waals surface area contributed by atoms with Gasteiger partial charge in [0.05, 0.1) is 0 Å². The van der Waals surface area contributed by atoms with Gasteiger partial charge in [0.25, 0.3) is 6.43 Å². The summed E-state index contributed by atoms with van der Waals surface area (Å²) in [4.78, 5) is 0. The second kappa shape index (κ2) is 2.80. The fraction of sp³-hybridized carbons (Fsp3) is 0.111. The molecule has 2 aromatic rings. The normalized spacial score (nSPS) is 11.4. The molecule has 4 heteroatoms. The molecule has 0 aliphatic carbocycles. The van der Waals surface area contributed by atoms with Crippen LogP contribution in [0.2, 0.25) is 0 Å². The van der Waals surface area contributed by atoms with Crippen molar-refractivity contribution in [2.24, 2.45) is 0 Å². The molecule has 0 aliphatic rings. The van der Waals surface area contributed by atoms with E-state index in [4.69, 9.17) is 4.42 Å². The van der Waals surface area contributed by atoms with E-state index in [0.29, 0.717) is 5.39 Å². The summed E-state index contributed by atoms with van der Waals surface area (Å²) in [6.07, 6.45) is -2.66. The first-order chi connectivity index (χ1) is 6.16. The number of fused-ring (bicyclic) bond motifs is 1. The second-order valence-corrected chi connectivity index (χ2v) is 2.63. The summed E-state index contributed by atoms with van der Waals surface area (Å²) in [7, 11) is 0. The van der Waals surface area contributed by atoms with Gasteiger partial charge in [0, 0.05) is 5.39 Å². The van der Waals surface area contributed by atoms with Crippen molar-refractivity contribution in [2.45, 2.75) is 6.43 Å². The van der Waals surface area contributed by atoms with Crippen LogP contribution in [0.15, 0.2) is 28.7 Å². The maximum absolute atomic E-state index is 12.6. The Hall–Kier alpha value is -1.45. The maximum atomic E-state index is 12.6. The molecule has 0 saturated carbocycles. The van der Waals surface area contributed by atoms with Crippen molar-refractivity contribution < 1.29 is 17.6 Å². The van der Waals surface area contributed by atoms with Gasteiger partial charge in [-0.2, -0.15) is 0 Å². The predicted octanol–water partition coefficient (Wildman–Crippen LogP) is 3.51. The van der Waals surface area contributed by atoms with Crippen molar-refractivity contribution in [3.63, 3.8) is 0 Å². The van der Waals surface area contributed by atoms with E-state index in [1.165, 1.54) is 12.1 Å². The Kier molecular flexibility index (Phi) is 1.76. The minimum atomic E-state index is -2.66. The number of hydrogen-bond donors (Lipinski definition) is 0. The number of alkyl halides is 2. The quantitative estimate of drug-likeness (QED) is 0.664. The van der Waals surface area contributed by atoms with Crippen LogP contribution in [-0.2, 0) is 0 Å². The molecule has 13 heavy (non-hydrogen) atoms. The molecule has 0 amide bonds. The molecule has 0 N–H and O–H groups in total. The lowest BCUT2D eigenvalue weighted by Gasteiger charge is -1.88. The summed E-state index contributed by atoms with van der Waals surface area (Å²) in [5, 5.41) is 0.357. The van der Waals surface area contributed by atoms with Crippen molar-refractivity contribution in [3.8, 4) is 0 Å². The third-order valence-electron chi connectivity index (χ3n) is 1.71. The maximum Gasteiger partial charge on any atom is 0.295 e. The van der Waals surface area contributed by atoms with Crippen molar-refractivity contribution in [1.29, 1.82) is 0 Å². The lowest BCUT2D eigenvalue weighted by Crippen LogP contribution is -1.74. The summed E-state index contributed by atoms with van der Waals surface area (Å²) in [5.74, 6) is -0.894. The number of halogens is 3. The molecule has 0 spiro atoms. The van der Waals surface area contributed by atoms with Crippen LogP contribution in [0.5, 0.6) is 0 Å². The van der Waals surface area contributed by atoms with Crippen molar-refractivity contribution in [3.05, 3.63) is 35.8 Å². The van der Waals surface area contributed by atoms with Crippen LogP contribution >= 0.6 is 0 Å². The summed E-state index contributed by atoms with van der Waals surface area (Å²) >= 11 is 0. The molecule has 2 rings (SSSR count). The molecule has 0 aliphatic heterocycles. The molecular weight excluding hydrogens is 181 g/mol. The minimum absolute atomic E-state index is 0.275. The average molecular weight is 186 g/mol. The summed E-state index contributed by atoms with van der Waals surface area (Å²) < 4.78 is 41.6. The lowest BCUT2D eigenvalue weighted by atomic mass is 10.2. The Morgan fingerprint density at radius 2 is 1.92 bits per heavy atom.